The van der Waals surface area contributed by atoms with E-state index >= 15 is 0 Å². The molecule has 1 aromatic carbocycles. The summed E-state index contributed by atoms with van der Waals surface area (Å²) in [5.41, 5.74) is 0.727. The summed E-state index contributed by atoms with van der Waals surface area (Å²) in [7, 11) is 0. The van der Waals surface area contributed by atoms with Crippen molar-refractivity contribution in [2.45, 2.75) is 26.7 Å². The predicted molar refractivity (Wildman–Crippen MR) is 71.3 cm³/mol. The number of nitrogens with one attached hydrogen (secondary N) is 1. The number of nitrogens with zero attached hydrogens (tertiary/aromatic N) is 1. The first-order valence-electron chi connectivity index (χ1n) is 5.96. The van der Waals surface area contributed by atoms with Crippen molar-refractivity contribution in [2.24, 2.45) is 11.3 Å². The summed E-state index contributed by atoms with van der Waals surface area (Å²) in [5, 5.41) is 12.4. The summed E-state index contributed by atoms with van der Waals surface area (Å²) < 4.78 is 0. The van der Waals surface area contributed by atoms with Crippen LogP contribution in [0.5, 0.6) is 0 Å². The number of anilines is 1. The van der Waals surface area contributed by atoms with Gasteiger partial charge in [-0.05, 0) is 43.4 Å². The molecule has 0 radical (unpaired) electrons. The first kappa shape index (κ1) is 12.9. The van der Waals surface area contributed by atoms with Gasteiger partial charge in [0.1, 0.15) is 5.41 Å². The zero-order chi connectivity index (χ0) is 13.3. The Morgan fingerprint density at radius 1 is 1.56 bits per heavy atom. The molecule has 0 atom stereocenters. The molecule has 0 heterocycles. The topological polar surface area (TPSA) is 52.9 Å². The lowest BCUT2D eigenvalue weighted by molar-refractivity contribution is -0.128. The van der Waals surface area contributed by atoms with Crippen LogP contribution in [0.15, 0.2) is 18.2 Å². The number of hydrogen-bond donors (Lipinski definition) is 1. The molecule has 0 spiro atoms. The van der Waals surface area contributed by atoms with Gasteiger partial charge in [-0.15, -0.1) is 0 Å². The van der Waals surface area contributed by atoms with Crippen LogP contribution in [0.25, 0.3) is 0 Å². The minimum Gasteiger partial charge on any atom is -0.323 e. The molecule has 3 nitrogen and oxygen atoms in total. The minimum absolute atomic E-state index is 0.240. The quantitative estimate of drug-likeness (QED) is 0.886. The normalized spacial score (nSPS) is 26.0. The van der Waals surface area contributed by atoms with E-state index in [0.29, 0.717) is 29.5 Å². The highest BCUT2D eigenvalue weighted by atomic mass is 35.5. The van der Waals surface area contributed by atoms with Gasteiger partial charge in [0, 0.05) is 0 Å². The highest BCUT2D eigenvalue weighted by molar-refractivity contribution is 6.33. The average molecular weight is 263 g/mol. The van der Waals surface area contributed by atoms with Crippen molar-refractivity contribution in [3.63, 3.8) is 0 Å². The van der Waals surface area contributed by atoms with Crippen LogP contribution in [0.4, 0.5) is 5.69 Å². The van der Waals surface area contributed by atoms with Crippen molar-refractivity contribution in [1.82, 2.24) is 0 Å². The molecule has 1 fully saturated rings. The van der Waals surface area contributed by atoms with Gasteiger partial charge < -0.3 is 5.32 Å². The monoisotopic (exact) mass is 262 g/mol. The number of nitriles is 1. The minimum atomic E-state index is -0.869. The van der Waals surface area contributed by atoms with Crippen LogP contribution in [0.2, 0.25) is 5.02 Å². The van der Waals surface area contributed by atoms with E-state index in [2.05, 4.69) is 11.4 Å². The van der Waals surface area contributed by atoms with E-state index in [1.54, 1.807) is 6.07 Å². The Balaban J connectivity index is 2.17. The zero-order valence-electron chi connectivity index (χ0n) is 10.5. The van der Waals surface area contributed by atoms with Crippen LogP contribution >= 0.6 is 11.6 Å². The maximum absolute atomic E-state index is 12.2. The maximum atomic E-state index is 12.2. The Bertz CT molecular complexity index is 527. The van der Waals surface area contributed by atoms with E-state index in [0.717, 1.165) is 5.56 Å². The Kier molecular flexibility index (Phi) is 3.32. The predicted octanol–water partition coefficient (Wildman–Crippen LogP) is 3.53. The molecular formula is C14H15ClN2O. The summed E-state index contributed by atoms with van der Waals surface area (Å²) in [5.74, 6) is 0.194. The molecule has 1 aliphatic carbocycles. The van der Waals surface area contributed by atoms with E-state index in [1.165, 1.54) is 0 Å². The van der Waals surface area contributed by atoms with Crippen molar-refractivity contribution >= 4 is 23.2 Å². The van der Waals surface area contributed by atoms with Gasteiger partial charge in [-0.3, -0.25) is 4.79 Å². The second-order valence-corrected chi connectivity index (χ2v) is 5.55. The van der Waals surface area contributed by atoms with Crippen LogP contribution in [0, 0.1) is 29.6 Å². The second kappa shape index (κ2) is 4.62. The summed E-state index contributed by atoms with van der Waals surface area (Å²) in [4.78, 5) is 12.2. The number of hydrogen-bond acceptors (Lipinski definition) is 2. The zero-order valence-corrected chi connectivity index (χ0v) is 11.2. The van der Waals surface area contributed by atoms with E-state index in [1.807, 2.05) is 26.0 Å². The third-order valence-electron chi connectivity index (χ3n) is 3.41. The number of carbonyl (C=O) groups excluding carboxylic acids is 1. The Hall–Kier alpha value is -1.53. The lowest BCUT2D eigenvalue weighted by Gasteiger charge is -2.39. The van der Waals surface area contributed by atoms with E-state index < -0.39 is 5.41 Å². The van der Waals surface area contributed by atoms with E-state index in [-0.39, 0.29) is 5.91 Å². The Labute approximate surface area is 112 Å². The van der Waals surface area contributed by atoms with Crippen molar-refractivity contribution < 1.29 is 4.79 Å². The summed E-state index contributed by atoms with van der Waals surface area (Å²) in [6.45, 7) is 3.97. The fourth-order valence-electron chi connectivity index (χ4n) is 2.43. The Morgan fingerprint density at radius 2 is 2.22 bits per heavy atom. The average Bonchev–Trinajstić information content (AvgIpc) is 2.29. The van der Waals surface area contributed by atoms with Crippen molar-refractivity contribution in [1.29, 1.82) is 5.26 Å². The summed E-state index contributed by atoms with van der Waals surface area (Å²) >= 11 is 6.03. The summed E-state index contributed by atoms with van der Waals surface area (Å²) in [6.07, 6.45) is 1.25. The van der Waals surface area contributed by atoms with Crippen LogP contribution in [0.3, 0.4) is 0 Å². The highest BCUT2D eigenvalue weighted by Crippen LogP contribution is 2.45. The Morgan fingerprint density at radius 3 is 2.78 bits per heavy atom. The lowest BCUT2D eigenvalue weighted by Crippen LogP contribution is -2.45. The molecule has 94 valence electrons. The number of carbonyl (C=O) groups is 1. The van der Waals surface area contributed by atoms with E-state index in [9.17, 15) is 10.1 Å². The number of rotatable bonds is 2. The van der Waals surface area contributed by atoms with Crippen LogP contribution < -0.4 is 5.32 Å². The maximum Gasteiger partial charge on any atom is 0.244 e. The van der Waals surface area contributed by atoms with Crippen molar-refractivity contribution in [2.75, 3.05) is 5.32 Å². The first-order chi connectivity index (χ1) is 8.47. The molecule has 2 rings (SSSR count). The molecule has 0 aromatic heterocycles. The first-order valence-corrected chi connectivity index (χ1v) is 6.33. The second-order valence-electron chi connectivity index (χ2n) is 5.14. The molecule has 0 unspecified atom stereocenters. The fourth-order valence-corrected chi connectivity index (χ4v) is 2.60. The van der Waals surface area contributed by atoms with Crippen molar-refractivity contribution in [3.8, 4) is 6.07 Å². The number of aryl methyl sites for hydroxylation is 1. The van der Waals surface area contributed by atoms with Gasteiger partial charge in [0.2, 0.25) is 5.91 Å². The lowest BCUT2D eigenvalue weighted by atomic mass is 9.63. The number of amides is 1. The molecule has 0 aliphatic heterocycles. The van der Waals surface area contributed by atoms with Gasteiger partial charge in [0.15, 0.2) is 0 Å². The number of benzene rings is 1. The molecule has 1 saturated carbocycles. The van der Waals surface area contributed by atoms with Crippen LogP contribution in [0.1, 0.15) is 25.3 Å². The van der Waals surface area contributed by atoms with Crippen LogP contribution in [-0.2, 0) is 4.79 Å². The molecule has 1 amide bonds. The van der Waals surface area contributed by atoms with Gasteiger partial charge >= 0.3 is 0 Å². The molecular weight excluding hydrogens is 248 g/mol. The molecule has 4 heteroatoms. The van der Waals surface area contributed by atoms with Gasteiger partial charge in [-0.25, -0.2) is 0 Å². The van der Waals surface area contributed by atoms with Gasteiger partial charge in [0.05, 0.1) is 16.8 Å². The highest BCUT2D eigenvalue weighted by Gasteiger charge is 2.49. The molecule has 1 aromatic rings. The van der Waals surface area contributed by atoms with Crippen molar-refractivity contribution in [3.05, 3.63) is 28.8 Å². The third kappa shape index (κ3) is 2.21. The molecule has 0 saturated heterocycles. The standard InChI is InChI=1S/C14H15ClN2O/c1-9-3-4-11(15)12(5-9)17-13(18)14(8-16)6-10(2)7-14/h3-5,10H,6-7H2,1-2H3,(H,17,18). The van der Waals surface area contributed by atoms with Gasteiger partial charge in [-0.1, -0.05) is 24.6 Å². The van der Waals surface area contributed by atoms with E-state index in [4.69, 9.17) is 11.6 Å². The molecule has 1 N–H and O–H groups in total. The number of halogens is 1. The summed E-state index contributed by atoms with van der Waals surface area (Å²) in [6, 6.07) is 7.58. The van der Waals surface area contributed by atoms with Gasteiger partial charge in [-0.2, -0.15) is 5.26 Å². The fraction of sp³-hybridized carbons (Fsp3) is 0.429. The smallest absolute Gasteiger partial charge is 0.244 e. The van der Waals surface area contributed by atoms with Gasteiger partial charge in [0.25, 0.3) is 0 Å². The molecule has 18 heavy (non-hydrogen) atoms. The molecule has 1 aliphatic rings. The molecule has 0 bridgehead atoms. The SMILES string of the molecule is Cc1ccc(Cl)c(NC(=O)C2(C#N)CC(C)C2)c1. The van der Waals surface area contributed by atoms with Crippen LogP contribution in [-0.4, -0.2) is 5.91 Å². The third-order valence-corrected chi connectivity index (χ3v) is 3.74. The largest absolute Gasteiger partial charge is 0.323 e.